The van der Waals surface area contributed by atoms with Crippen LogP contribution in [0.2, 0.25) is 0 Å². The molecule has 0 radical (unpaired) electrons. The third-order valence-electron chi connectivity index (χ3n) is 3.87. The fraction of sp³-hybridized carbons (Fsp3) is 1.00. The SMILES string of the molecule is CCCCCC[N+](C)(CCC)CCCCCC. The zero-order valence-electron chi connectivity index (χ0n) is 12.9. The van der Waals surface area contributed by atoms with E-state index in [4.69, 9.17) is 0 Å². The first-order valence-corrected chi connectivity index (χ1v) is 8.02. The molecule has 0 aromatic heterocycles. The van der Waals surface area contributed by atoms with Crippen molar-refractivity contribution in [3.05, 3.63) is 0 Å². The lowest BCUT2D eigenvalue weighted by molar-refractivity contribution is -0.910. The fourth-order valence-electron chi connectivity index (χ4n) is 2.72. The normalized spacial score (nSPS) is 12.0. The largest absolute Gasteiger partial charge is 0.326 e. The molecule has 0 amide bonds. The molecule has 0 N–H and O–H groups in total. The summed E-state index contributed by atoms with van der Waals surface area (Å²) in [7, 11) is 2.47. The molecule has 0 heterocycles. The molecule has 0 aromatic rings. The third-order valence-corrected chi connectivity index (χ3v) is 3.87. The minimum atomic E-state index is 1.32. The Bertz CT molecular complexity index is 142. The molecule has 0 spiro atoms. The van der Waals surface area contributed by atoms with Crippen LogP contribution in [0.25, 0.3) is 0 Å². The standard InChI is InChI=1S/C16H36N/c1-5-8-10-12-15-17(4,14-7-3)16-13-11-9-6-2/h5-16H2,1-4H3/q+1. The van der Waals surface area contributed by atoms with Gasteiger partial charge in [-0.2, -0.15) is 0 Å². The van der Waals surface area contributed by atoms with Gasteiger partial charge in [-0.25, -0.2) is 0 Å². The Hall–Kier alpha value is -0.0400. The molecule has 0 unspecified atom stereocenters. The molecular formula is C16H36N+. The quantitative estimate of drug-likeness (QED) is 0.333. The van der Waals surface area contributed by atoms with E-state index in [-0.39, 0.29) is 0 Å². The number of hydrogen-bond acceptors (Lipinski definition) is 0. The van der Waals surface area contributed by atoms with Gasteiger partial charge in [0, 0.05) is 0 Å². The predicted octanol–water partition coefficient (Wildman–Crippen LogP) is 5.00. The highest BCUT2D eigenvalue weighted by atomic mass is 15.3. The van der Waals surface area contributed by atoms with Crippen molar-refractivity contribution in [2.75, 3.05) is 26.7 Å². The Morgan fingerprint density at radius 2 is 1.00 bits per heavy atom. The van der Waals surface area contributed by atoms with Crippen molar-refractivity contribution >= 4 is 0 Å². The van der Waals surface area contributed by atoms with Crippen LogP contribution in [0.15, 0.2) is 0 Å². The second-order valence-corrected chi connectivity index (χ2v) is 5.91. The van der Waals surface area contributed by atoms with E-state index < -0.39 is 0 Å². The molecule has 104 valence electrons. The summed E-state index contributed by atoms with van der Waals surface area (Å²) in [5, 5.41) is 0. The van der Waals surface area contributed by atoms with Gasteiger partial charge in [0.25, 0.3) is 0 Å². The van der Waals surface area contributed by atoms with Gasteiger partial charge >= 0.3 is 0 Å². The lowest BCUT2D eigenvalue weighted by Gasteiger charge is -2.34. The van der Waals surface area contributed by atoms with Crippen LogP contribution in [-0.4, -0.2) is 31.2 Å². The molecule has 0 bridgehead atoms. The molecule has 0 saturated carbocycles. The number of quaternary nitrogens is 1. The highest BCUT2D eigenvalue weighted by Crippen LogP contribution is 2.12. The van der Waals surface area contributed by atoms with E-state index in [1.165, 1.54) is 81.9 Å². The summed E-state index contributed by atoms with van der Waals surface area (Å²) in [6.07, 6.45) is 12.6. The Balaban J connectivity index is 3.80. The highest BCUT2D eigenvalue weighted by Gasteiger charge is 2.18. The molecule has 17 heavy (non-hydrogen) atoms. The van der Waals surface area contributed by atoms with Crippen molar-refractivity contribution in [1.82, 2.24) is 0 Å². The van der Waals surface area contributed by atoms with Gasteiger partial charge < -0.3 is 4.48 Å². The Morgan fingerprint density at radius 1 is 0.529 bits per heavy atom. The van der Waals surface area contributed by atoms with E-state index in [1.54, 1.807) is 0 Å². The van der Waals surface area contributed by atoms with Crippen molar-refractivity contribution in [1.29, 1.82) is 0 Å². The van der Waals surface area contributed by atoms with Crippen molar-refractivity contribution in [2.45, 2.75) is 78.6 Å². The summed E-state index contributed by atoms with van der Waals surface area (Å²) < 4.78 is 1.32. The van der Waals surface area contributed by atoms with Gasteiger partial charge in [-0.1, -0.05) is 46.5 Å². The monoisotopic (exact) mass is 242 g/mol. The van der Waals surface area contributed by atoms with E-state index in [0.717, 1.165) is 0 Å². The topological polar surface area (TPSA) is 0 Å². The molecule has 0 rings (SSSR count). The number of hydrogen-bond donors (Lipinski definition) is 0. The van der Waals surface area contributed by atoms with Crippen LogP contribution < -0.4 is 0 Å². The van der Waals surface area contributed by atoms with E-state index in [2.05, 4.69) is 27.8 Å². The van der Waals surface area contributed by atoms with Crippen LogP contribution in [0.4, 0.5) is 0 Å². The summed E-state index contributed by atoms with van der Waals surface area (Å²) in [5.74, 6) is 0. The van der Waals surface area contributed by atoms with Crippen LogP contribution in [0.5, 0.6) is 0 Å². The summed E-state index contributed by atoms with van der Waals surface area (Å²) in [6, 6.07) is 0. The number of unbranched alkanes of at least 4 members (excludes halogenated alkanes) is 6. The smallest absolute Gasteiger partial charge is 0.0784 e. The van der Waals surface area contributed by atoms with Crippen molar-refractivity contribution in [3.8, 4) is 0 Å². The average molecular weight is 242 g/mol. The molecule has 0 aromatic carbocycles. The molecule has 0 aliphatic heterocycles. The summed E-state index contributed by atoms with van der Waals surface area (Å²) in [5.41, 5.74) is 0. The molecule has 0 aliphatic carbocycles. The van der Waals surface area contributed by atoms with Crippen molar-refractivity contribution in [3.63, 3.8) is 0 Å². The number of nitrogens with zero attached hydrogens (tertiary/aromatic N) is 1. The van der Waals surface area contributed by atoms with Gasteiger partial charge in [0.1, 0.15) is 0 Å². The molecule has 0 fully saturated rings. The maximum absolute atomic E-state index is 2.47. The fourth-order valence-corrected chi connectivity index (χ4v) is 2.72. The lowest BCUT2D eigenvalue weighted by atomic mass is 10.1. The second kappa shape index (κ2) is 11.1. The van der Waals surface area contributed by atoms with Gasteiger partial charge in [-0.05, 0) is 32.1 Å². The van der Waals surface area contributed by atoms with Crippen LogP contribution >= 0.6 is 0 Å². The van der Waals surface area contributed by atoms with Gasteiger partial charge in [-0.15, -0.1) is 0 Å². The zero-order chi connectivity index (χ0) is 13.0. The summed E-state index contributed by atoms with van der Waals surface area (Å²) in [6.45, 7) is 11.1. The van der Waals surface area contributed by atoms with Gasteiger partial charge in [0.05, 0.1) is 26.7 Å². The maximum Gasteiger partial charge on any atom is 0.0784 e. The van der Waals surface area contributed by atoms with Crippen LogP contribution in [0, 0.1) is 0 Å². The van der Waals surface area contributed by atoms with Crippen LogP contribution in [-0.2, 0) is 0 Å². The second-order valence-electron chi connectivity index (χ2n) is 5.91. The van der Waals surface area contributed by atoms with Gasteiger partial charge in [0.15, 0.2) is 0 Å². The van der Waals surface area contributed by atoms with E-state index in [1.807, 2.05) is 0 Å². The predicted molar refractivity (Wildman–Crippen MR) is 79.4 cm³/mol. The molecule has 1 nitrogen and oxygen atoms in total. The highest BCUT2D eigenvalue weighted by molar-refractivity contribution is 4.46. The van der Waals surface area contributed by atoms with E-state index >= 15 is 0 Å². The molecular weight excluding hydrogens is 206 g/mol. The summed E-state index contributed by atoms with van der Waals surface area (Å²) >= 11 is 0. The van der Waals surface area contributed by atoms with Crippen LogP contribution in [0.1, 0.15) is 78.6 Å². The van der Waals surface area contributed by atoms with E-state index in [9.17, 15) is 0 Å². The van der Waals surface area contributed by atoms with Crippen LogP contribution in [0.3, 0.4) is 0 Å². The van der Waals surface area contributed by atoms with Gasteiger partial charge in [0.2, 0.25) is 0 Å². The Morgan fingerprint density at radius 3 is 1.35 bits per heavy atom. The Kier molecular flexibility index (Phi) is 11.0. The lowest BCUT2D eigenvalue weighted by Crippen LogP contribution is -2.46. The zero-order valence-corrected chi connectivity index (χ0v) is 12.9. The first kappa shape index (κ1) is 17.0. The average Bonchev–Trinajstić information content (AvgIpc) is 2.31. The molecule has 0 atom stereocenters. The van der Waals surface area contributed by atoms with Crippen molar-refractivity contribution < 1.29 is 4.48 Å². The van der Waals surface area contributed by atoms with Crippen molar-refractivity contribution in [2.24, 2.45) is 0 Å². The first-order valence-electron chi connectivity index (χ1n) is 8.02. The van der Waals surface area contributed by atoms with Gasteiger partial charge in [-0.3, -0.25) is 0 Å². The third kappa shape index (κ3) is 9.64. The summed E-state index contributed by atoms with van der Waals surface area (Å²) in [4.78, 5) is 0. The molecule has 1 heteroatoms. The Labute approximate surface area is 110 Å². The minimum Gasteiger partial charge on any atom is -0.326 e. The maximum atomic E-state index is 2.47. The first-order chi connectivity index (χ1) is 8.18. The molecule has 0 aliphatic rings. The van der Waals surface area contributed by atoms with E-state index in [0.29, 0.717) is 0 Å². The minimum absolute atomic E-state index is 1.32. The number of rotatable bonds is 12. The molecule has 0 saturated heterocycles.